The second-order valence-corrected chi connectivity index (χ2v) is 7.90. The quantitative estimate of drug-likeness (QED) is 0.369. The standard InChI is InChI=1S/C18H22N2O5S/c1-2-26(23,24)13-9-10-16(21)15(12-13)20-18(22)8-5-11-25-17-7-4-3-6-14(17)19/h3-4,6-7,9-10,12,21H,2,5,8,11,19H2,1H3,(H,20,22). The third kappa shape index (κ3) is 5.13. The van der Waals surface area contributed by atoms with Gasteiger partial charge in [0.05, 0.1) is 28.6 Å². The lowest BCUT2D eigenvalue weighted by Crippen LogP contribution is -2.14. The lowest BCUT2D eigenvalue weighted by atomic mass is 10.2. The summed E-state index contributed by atoms with van der Waals surface area (Å²) in [6, 6.07) is 10.9. The topological polar surface area (TPSA) is 119 Å². The molecule has 26 heavy (non-hydrogen) atoms. The summed E-state index contributed by atoms with van der Waals surface area (Å²) < 4.78 is 29.3. The third-order valence-corrected chi connectivity index (χ3v) is 5.44. The molecule has 0 aliphatic rings. The van der Waals surface area contributed by atoms with Crippen LogP contribution in [0.1, 0.15) is 19.8 Å². The van der Waals surface area contributed by atoms with Crippen molar-refractivity contribution in [1.29, 1.82) is 0 Å². The van der Waals surface area contributed by atoms with Gasteiger partial charge in [0.1, 0.15) is 11.5 Å². The third-order valence-electron chi connectivity index (χ3n) is 3.71. The average molecular weight is 378 g/mol. The molecule has 0 aromatic heterocycles. The molecule has 2 rings (SSSR count). The molecule has 2 aromatic rings. The number of para-hydroxylation sites is 2. The van der Waals surface area contributed by atoms with Crippen LogP contribution in [-0.4, -0.2) is 31.8 Å². The predicted molar refractivity (Wildman–Crippen MR) is 100 cm³/mol. The van der Waals surface area contributed by atoms with Crippen molar-refractivity contribution in [2.45, 2.75) is 24.7 Å². The molecule has 0 aliphatic carbocycles. The first-order chi connectivity index (χ1) is 12.3. The molecular formula is C18H22N2O5S. The van der Waals surface area contributed by atoms with Crippen molar-refractivity contribution < 1.29 is 23.1 Å². The SMILES string of the molecule is CCS(=O)(=O)c1ccc(O)c(NC(=O)CCCOc2ccccc2N)c1. The minimum atomic E-state index is -3.42. The summed E-state index contributed by atoms with van der Waals surface area (Å²) >= 11 is 0. The number of nitrogens with one attached hydrogen (secondary N) is 1. The van der Waals surface area contributed by atoms with Crippen LogP contribution in [0.2, 0.25) is 0 Å². The van der Waals surface area contributed by atoms with Gasteiger partial charge in [0.25, 0.3) is 0 Å². The van der Waals surface area contributed by atoms with Crippen LogP contribution in [0.3, 0.4) is 0 Å². The van der Waals surface area contributed by atoms with Gasteiger partial charge in [-0.2, -0.15) is 0 Å². The van der Waals surface area contributed by atoms with Gasteiger partial charge in [0.2, 0.25) is 5.91 Å². The maximum absolute atomic E-state index is 12.0. The molecule has 4 N–H and O–H groups in total. The first-order valence-electron chi connectivity index (χ1n) is 8.16. The fourth-order valence-corrected chi connectivity index (χ4v) is 3.12. The minimum absolute atomic E-state index is 0.0518. The van der Waals surface area contributed by atoms with Crippen LogP contribution in [0.4, 0.5) is 11.4 Å². The number of rotatable bonds is 8. The van der Waals surface area contributed by atoms with Crippen LogP contribution in [0.5, 0.6) is 11.5 Å². The highest BCUT2D eigenvalue weighted by atomic mass is 32.2. The lowest BCUT2D eigenvalue weighted by Gasteiger charge is -2.10. The molecular weight excluding hydrogens is 356 g/mol. The Labute approximate surface area is 152 Å². The lowest BCUT2D eigenvalue weighted by molar-refractivity contribution is -0.116. The number of nitrogens with two attached hydrogens (primary N) is 1. The molecule has 2 aromatic carbocycles. The fraction of sp³-hybridized carbons (Fsp3) is 0.278. The Morgan fingerprint density at radius 1 is 1.23 bits per heavy atom. The predicted octanol–water partition coefficient (Wildman–Crippen LogP) is 2.57. The summed E-state index contributed by atoms with van der Waals surface area (Å²) in [5.41, 5.74) is 6.35. The summed E-state index contributed by atoms with van der Waals surface area (Å²) in [6.07, 6.45) is 0.588. The Balaban J connectivity index is 1.90. The van der Waals surface area contributed by atoms with Crippen molar-refractivity contribution in [2.75, 3.05) is 23.4 Å². The van der Waals surface area contributed by atoms with E-state index in [-0.39, 0.29) is 34.4 Å². The first-order valence-corrected chi connectivity index (χ1v) is 9.81. The minimum Gasteiger partial charge on any atom is -0.506 e. The smallest absolute Gasteiger partial charge is 0.224 e. The first kappa shape index (κ1) is 19.6. The second kappa shape index (κ2) is 8.57. The molecule has 0 atom stereocenters. The number of sulfone groups is 1. The molecule has 8 heteroatoms. The number of aromatic hydroxyl groups is 1. The molecule has 0 bridgehead atoms. The number of anilines is 2. The molecule has 0 unspecified atom stereocenters. The molecule has 0 fully saturated rings. The number of phenols is 1. The van der Waals surface area contributed by atoms with Crippen LogP contribution >= 0.6 is 0 Å². The number of carbonyl (C=O) groups excluding carboxylic acids is 1. The summed E-state index contributed by atoms with van der Waals surface area (Å²) in [5.74, 6) is -0.0498. The van der Waals surface area contributed by atoms with Crippen LogP contribution in [0, 0.1) is 0 Å². The van der Waals surface area contributed by atoms with E-state index < -0.39 is 9.84 Å². The summed E-state index contributed by atoms with van der Waals surface area (Å²) in [7, 11) is -3.42. The molecule has 0 radical (unpaired) electrons. The van der Waals surface area contributed by atoms with Gasteiger partial charge in [-0.15, -0.1) is 0 Å². The van der Waals surface area contributed by atoms with E-state index in [9.17, 15) is 18.3 Å². The van der Waals surface area contributed by atoms with E-state index in [4.69, 9.17) is 10.5 Å². The van der Waals surface area contributed by atoms with E-state index >= 15 is 0 Å². The van der Waals surface area contributed by atoms with E-state index in [2.05, 4.69) is 5.32 Å². The van der Waals surface area contributed by atoms with Crippen molar-refractivity contribution >= 4 is 27.1 Å². The average Bonchev–Trinajstić information content (AvgIpc) is 2.62. The number of carbonyl (C=O) groups is 1. The van der Waals surface area contributed by atoms with Crippen LogP contribution in [-0.2, 0) is 14.6 Å². The van der Waals surface area contributed by atoms with Gasteiger partial charge >= 0.3 is 0 Å². The van der Waals surface area contributed by atoms with Crippen LogP contribution in [0.25, 0.3) is 0 Å². The number of ether oxygens (including phenoxy) is 1. The summed E-state index contributed by atoms with van der Waals surface area (Å²) in [5, 5.41) is 12.3. The number of phenolic OH excluding ortho intramolecular Hbond substituents is 1. The molecule has 0 spiro atoms. The van der Waals surface area contributed by atoms with E-state index in [1.54, 1.807) is 24.3 Å². The molecule has 7 nitrogen and oxygen atoms in total. The second-order valence-electron chi connectivity index (χ2n) is 5.62. The molecule has 140 valence electrons. The van der Waals surface area contributed by atoms with Gasteiger partial charge in [-0.3, -0.25) is 4.79 Å². The molecule has 0 heterocycles. The number of hydrogen-bond donors (Lipinski definition) is 3. The number of nitrogen functional groups attached to an aromatic ring is 1. The van der Waals surface area contributed by atoms with Gasteiger partial charge in [0.15, 0.2) is 9.84 Å². The van der Waals surface area contributed by atoms with Crippen molar-refractivity contribution in [1.82, 2.24) is 0 Å². The van der Waals surface area contributed by atoms with Gasteiger partial charge in [-0.25, -0.2) is 8.42 Å². The molecule has 1 amide bonds. The van der Waals surface area contributed by atoms with Crippen molar-refractivity contribution in [3.8, 4) is 11.5 Å². The Kier molecular flexibility index (Phi) is 6.46. The highest BCUT2D eigenvalue weighted by Crippen LogP contribution is 2.27. The Morgan fingerprint density at radius 3 is 2.65 bits per heavy atom. The molecule has 0 aliphatic heterocycles. The van der Waals surface area contributed by atoms with Gasteiger partial charge in [-0.1, -0.05) is 19.1 Å². The summed E-state index contributed by atoms with van der Waals surface area (Å²) in [6.45, 7) is 1.83. The van der Waals surface area contributed by atoms with E-state index in [0.717, 1.165) is 0 Å². The van der Waals surface area contributed by atoms with Crippen molar-refractivity contribution in [2.24, 2.45) is 0 Å². The highest BCUT2D eigenvalue weighted by molar-refractivity contribution is 7.91. The van der Waals surface area contributed by atoms with E-state index in [1.165, 1.54) is 25.1 Å². The Hall–Kier alpha value is -2.74. The summed E-state index contributed by atoms with van der Waals surface area (Å²) in [4.78, 5) is 12.1. The Morgan fingerprint density at radius 2 is 1.96 bits per heavy atom. The number of amides is 1. The number of hydrogen-bond acceptors (Lipinski definition) is 6. The van der Waals surface area contributed by atoms with E-state index in [0.29, 0.717) is 24.5 Å². The maximum atomic E-state index is 12.0. The van der Waals surface area contributed by atoms with Crippen LogP contribution < -0.4 is 15.8 Å². The van der Waals surface area contributed by atoms with Crippen molar-refractivity contribution in [3.05, 3.63) is 42.5 Å². The molecule has 0 saturated carbocycles. The normalized spacial score (nSPS) is 11.1. The van der Waals surface area contributed by atoms with Crippen LogP contribution in [0.15, 0.2) is 47.4 Å². The van der Waals surface area contributed by atoms with E-state index in [1.807, 2.05) is 0 Å². The zero-order valence-electron chi connectivity index (χ0n) is 14.4. The zero-order valence-corrected chi connectivity index (χ0v) is 15.3. The fourth-order valence-electron chi connectivity index (χ4n) is 2.21. The Bertz CT molecular complexity index is 881. The largest absolute Gasteiger partial charge is 0.506 e. The molecule has 0 saturated heterocycles. The van der Waals surface area contributed by atoms with Gasteiger partial charge < -0.3 is 20.9 Å². The van der Waals surface area contributed by atoms with Crippen molar-refractivity contribution in [3.63, 3.8) is 0 Å². The van der Waals surface area contributed by atoms with Gasteiger partial charge in [0, 0.05) is 6.42 Å². The monoisotopic (exact) mass is 378 g/mol. The van der Waals surface area contributed by atoms with Gasteiger partial charge in [-0.05, 0) is 36.8 Å². The maximum Gasteiger partial charge on any atom is 0.224 e. The zero-order chi connectivity index (χ0) is 19.2. The number of benzene rings is 2. The highest BCUT2D eigenvalue weighted by Gasteiger charge is 2.15.